The van der Waals surface area contributed by atoms with Crippen molar-refractivity contribution in [2.24, 2.45) is 0 Å². The largest absolute Gasteiger partial charge is 0.494 e. The summed E-state index contributed by atoms with van der Waals surface area (Å²) in [5, 5.41) is 1.38. The second-order valence-electron chi connectivity index (χ2n) is 7.77. The van der Waals surface area contributed by atoms with Gasteiger partial charge in [-0.05, 0) is 54.4 Å². The Hall–Kier alpha value is -2.59. The Bertz CT molecular complexity index is 913. The van der Waals surface area contributed by atoms with Crippen LogP contribution in [0, 0.1) is 5.82 Å². The molecule has 29 heavy (non-hydrogen) atoms. The van der Waals surface area contributed by atoms with Crippen molar-refractivity contribution in [1.82, 2.24) is 0 Å². The van der Waals surface area contributed by atoms with E-state index in [2.05, 4.69) is 38.2 Å². The highest BCUT2D eigenvalue weighted by atomic mass is 28.3. The van der Waals surface area contributed by atoms with Crippen LogP contribution in [-0.2, 0) is 0 Å². The lowest BCUT2D eigenvalue weighted by Gasteiger charge is -2.33. The van der Waals surface area contributed by atoms with Crippen LogP contribution in [0.3, 0.4) is 0 Å². The Kier molecular flexibility index (Phi) is 6.75. The maximum atomic E-state index is 13.6. The van der Waals surface area contributed by atoms with Crippen molar-refractivity contribution >= 4 is 13.3 Å². The lowest BCUT2D eigenvalue weighted by Crippen LogP contribution is -2.47. The minimum atomic E-state index is -1.74. The standard InChI is InChI=1S/C19H25FOSi.C6H4O/c1-5-19(15-8-7-9-16(20)14-15)22(3,4)18-12-10-17(11-13-18)21-6-2;1-2-5-4-6(3-1)7-5/h7-14,19H,5-6H2,1-4H3;1-4H. The minimum absolute atomic E-state index is 0.146. The van der Waals surface area contributed by atoms with Crippen LogP contribution in [0.1, 0.15) is 31.4 Å². The lowest BCUT2D eigenvalue weighted by molar-refractivity contribution is 0.340. The van der Waals surface area contributed by atoms with E-state index in [1.807, 2.05) is 49.4 Å². The van der Waals surface area contributed by atoms with E-state index in [9.17, 15) is 4.39 Å². The van der Waals surface area contributed by atoms with E-state index in [0.717, 1.165) is 29.2 Å². The predicted molar refractivity (Wildman–Crippen MR) is 121 cm³/mol. The summed E-state index contributed by atoms with van der Waals surface area (Å²) in [6, 6.07) is 23.4. The smallest absolute Gasteiger partial charge is 0.131 e. The monoisotopic (exact) mass is 408 g/mol. The summed E-state index contributed by atoms with van der Waals surface area (Å²) in [6.07, 6.45) is 1.02. The van der Waals surface area contributed by atoms with Crippen LogP contribution in [0.25, 0.3) is 0 Å². The Labute approximate surface area is 174 Å². The number of benzene rings is 3. The third kappa shape index (κ3) is 5.07. The van der Waals surface area contributed by atoms with Crippen molar-refractivity contribution in [1.29, 1.82) is 0 Å². The molecule has 2 heterocycles. The molecule has 2 nitrogen and oxygen atoms in total. The van der Waals surface area contributed by atoms with E-state index in [4.69, 9.17) is 9.47 Å². The van der Waals surface area contributed by atoms with Crippen molar-refractivity contribution in [3.8, 4) is 17.2 Å². The molecule has 1 unspecified atom stereocenters. The maximum absolute atomic E-state index is 13.6. The van der Waals surface area contributed by atoms with E-state index in [-0.39, 0.29) is 5.82 Å². The van der Waals surface area contributed by atoms with Crippen LogP contribution < -0.4 is 14.7 Å². The first-order chi connectivity index (χ1) is 13.9. The molecule has 2 aliphatic heterocycles. The summed E-state index contributed by atoms with van der Waals surface area (Å²) in [7, 11) is -1.74. The third-order valence-electron chi connectivity index (χ3n) is 5.48. The summed E-state index contributed by atoms with van der Waals surface area (Å²) in [5.74, 6) is 2.73. The fourth-order valence-corrected chi connectivity index (χ4v) is 7.38. The van der Waals surface area contributed by atoms with Gasteiger partial charge in [0.05, 0.1) is 14.7 Å². The van der Waals surface area contributed by atoms with Gasteiger partial charge in [-0.3, -0.25) is 0 Å². The first-order valence-electron chi connectivity index (χ1n) is 10.2. The van der Waals surface area contributed by atoms with Crippen LogP contribution in [0.5, 0.6) is 17.2 Å². The van der Waals surface area contributed by atoms with Crippen molar-refractivity contribution in [2.75, 3.05) is 6.61 Å². The molecule has 2 aliphatic rings. The average molecular weight is 409 g/mol. The fraction of sp³-hybridized carbons (Fsp3) is 0.280. The molecular formula is C25H29FO2Si. The molecule has 0 aromatic heterocycles. The first-order valence-corrected chi connectivity index (χ1v) is 13.3. The van der Waals surface area contributed by atoms with E-state index in [1.54, 1.807) is 6.07 Å². The number of ether oxygens (including phenoxy) is 2. The van der Waals surface area contributed by atoms with E-state index in [0.29, 0.717) is 12.1 Å². The Morgan fingerprint density at radius 3 is 1.97 bits per heavy atom. The summed E-state index contributed by atoms with van der Waals surface area (Å²) >= 11 is 0. The van der Waals surface area contributed by atoms with E-state index >= 15 is 0 Å². The Balaban J connectivity index is 0.000000283. The number of hydrogen-bond donors (Lipinski definition) is 0. The van der Waals surface area contributed by atoms with Crippen molar-refractivity contribution in [3.63, 3.8) is 0 Å². The topological polar surface area (TPSA) is 18.5 Å². The molecule has 1 atom stereocenters. The SMILES string of the molecule is CCOc1ccc([Si](C)(C)C(CC)c2cccc(F)c2)cc1.c1cc2cc(c1)O2. The molecule has 0 saturated heterocycles. The Morgan fingerprint density at radius 1 is 0.897 bits per heavy atom. The highest BCUT2D eigenvalue weighted by molar-refractivity contribution is 6.90. The van der Waals surface area contributed by atoms with Gasteiger partial charge in [0.25, 0.3) is 0 Å². The molecule has 0 N–H and O–H groups in total. The molecule has 0 spiro atoms. The van der Waals surface area contributed by atoms with Crippen molar-refractivity contribution in [3.05, 3.63) is 84.2 Å². The third-order valence-corrected chi connectivity index (χ3v) is 9.79. The predicted octanol–water partition coefficient (Wildman–Crippen LogP) is 6.67. The van der Waals surface area contributed by atoms with Gasteiger partial charge in [-0.1, -0.05) is 62.0 Å². The number of fused-ring (bicyclic) bond motifs is 2. The van der Waals surface area contributed by atoms with Gasteiger partial charge >= 0.3 is 0 Å². The number of halogens is 1. The number of rotatable bonds is 6. The first kappa shape index (κ1) is 21.1. The molecular weight excluding hydrogens is 379 g/mol. The van der Waals surface area contributed by atoms with Gasteiger partial charge in [-0.15, -0.1) is 0 Å². The second kappa shape index (κ2) is 9.27. The molecule has 3 aromatic rings. The van der Waals surface area contributed by atoms with Gasteiger partial charge < -0.3 is 9.47 Å². The summed E-state index contributed by atoms with van der Waals surface area (Å²) in [5.41, 5.74) is 1.52. The van der Waals surface area contributed by atoms with Crippen molar-refractivity contribution < 1.29 is 13.9 Å². The zero-order valence-electron chi connectivity index (χ0n) is 17.6. The minimum Gasteiger partial charge on any atom is -0.494 e. The summed E-state index contributed by atoms with van der Waals surface area (Å²) < 4.78 is 24.1. The van der Waals surface area contributed by atoms with Gasteiger partial charge in [0.15, 0.2) is 0 Å². The molecule has 2 bridgehead atoms. The van der Waals surface area contributed by atoms with Crippen molar-refractivity contribution in [2.45, 2.75) is 38.9 Å². The lowest BCUT2D eigenvalue weighted by atomic mass is 10.1. The van der Waals surface area contributed by atoms with Gasteiger partial charge in [-0.25, -0.2) is 4.39 Å². The summed E-state index contributed by atoms with van der Waals surface area (Å²) in [6.45, 7) is 9.59. The number of hydrogen-bond acceptors (Lipinski definition) is 2. The van der Waals surface area contributed by atoms with Gasteiger partial charge in [0.2, 0.25) is 0 Å². The van der Waals surface area contributed by atoms with Crippen LogP contribution in [-0.4, -0.2) is 14.7 Å². The zero-order chi connectivity index (χ0) is 20.9. The van der Waals surface area contributed by atoms with Gasteiger partial charge in [-0.2, -0.15) is 0 Å². The molecule has 0 fully saturated rings. The molecule has 0 aliphatic carbocycles. The van der Waals surface area contributed by atoms with Gasteiger partial charge in [0.1, 0.15) is 23.1 Å². The van der Waals surface area contributed by atoms with E-state index < -0.39 is 8.07 Å². The molecule has 4 heteroatoms. The summed E-state index contributed by atoms with van der Waals surface area (Å²) in [4.78, 5) is 0. The molecule has 0 radical (unpaired) electrons. The highest BCUT2D eigenvalue weighted by Gasteiger charge is 2.33. The molecule has 152 valence electrons. The zero-order valence-corrected chi connectivity index (χ0v) is 18.6. The average Bonchev–Trinajstić information content (AvgIpc) is 2.70. The Morgan fingerprint density at radius 2 is 1.52 bits per heavy atom. The molecule has 0 amide bonds. The van der Waals surface area contributed by atoms with Crippen LogP contribution in [0.15, 0.2) is 72.8 Å². The van der Waals surface area contributed by atoms with Crippen LogP contribution in [0.2, 0.25) is 13.1 Å². The van der Waals surface area contributed by atoms with Crippen LogP contribution >= 0.6 is 0 Å². The van der Waals surface area contributed by atoms with Crippen LogP contribution in [0.4, 0.5) is 4.39 Å². The quantitative estimate of drug-likeness (QED) is 0.332. The molecule has 0 saturated carbocycles. The van der Waals surface area contributed by atoms with E-state index in [1.165, 1.54) is 11.3 Å². The van der Waals surface area contributed by atoms with Gasteiger partial charge in [0, 0.05) is 6.07 Å². The normalized spacial score (nSPS) is 12.7. The maximum Gasteiger partial charge on any atom is 0.131 e. The molecule has 3 aromatic carbocycles. The highest BCUT2D eigenvalue weighted by Crippen LogP contribution is 2.33. The second-order valence-corrected chi connectivity index (χ2v) is 12.5. The molecule has 5 rings (SSSR count). The fourth-order valence-electron chi connectivity index (χ4n) is 3.91.